The Kier molecular flexibility index (Phi) is 4.93. The fraction of sp³-hybridized carbons (Fsp3) is 0.143. The molecule has 0 aliphatic heterocycles. The van der Waals surface area contributed by atoms with Crippen LogP contribution in [0.3, 0.4) is 0 Å². The van der Waals surface area contributed by atoms with Crippen LogP contribution in [0.15, 0.2) is 46.7 Å². The Morgan fingerprint density at radius 1 is 1.20 bits per heavy atom. The third kappa shape index (κ3) is 3.68. The third-order valence-corrected chi connectivity index (χ3v) is 4.86. The monoisotopic (exact) mass is 307 g/mol. The van der Waals surface area contributed by atoms with Gasteiger partial charge in [0, 0.05) is 17.0 Å². The van der Waals surface area contributed by atoms with Crippen LogP contribution in [0.1, 0.15) is 10.4 Å². The average molecular weight is 307 g/mol. The summed E-state index contributed by atoms with van der Waals surface area (Å²) in [6.45, 7) is -0.0324. The minimum Gasteiger partial charge on any atom is -0.384 e. The summed E-state index contributed by atoms with van der Waals surface area (Å²) in [7, 11) is -3.51. The molecule has 1 aromatic heterocycles. The zero-order valence-electron chi connectivity index (χ0n) is 10.5. The van der Waals surface area contributed by atoms with Crippen molar-refractivity contribution in [1.82, 2.24) is 4.72 Å². The minimum atomic E-state index is -3.51. The standard InChI is InChI=1S/C14H13NO3S2/c16-9-4-5-12-8-10-19-14(12)11-15-20(17,18)13-6-2-1-3-7-13/h1-3,6-8,10,15-16H,9,11H2. The van der Waals surface area contributed by atoms with E-state index in [2.05, 4.69) is 16.6 Å². The Labute approximate surface area is 122 Å². The first-order valence-electron chi connectivity index (χ1n) is 5.84. The van der Waals surface area contributed by atoms with Gasteiger partial charge in [0.1, 0.15) is 6.61 Å². The van der Waals surface area contributed by atoms with Crippen LogP contribution in [-0.2, 0) is 16.6 Å². The summed E-state index contributed by atoms with van der Waals surface area (Å²) in [5.41, 5.74) is 0.736. The molecule has 1 heterocycles. The molecule has 1 aromatic carbocycles. The van der Waals surface area contributed by atoms with Gasteiger partial charge in [0.25, 0.3) is 0 Å². The second-order valence-electron chi connectivity index (χ2n) is 3.85. The molecule has 0 spiro atoms. The number of nitrogens with one attached hydrogen (secondary N) is 1. The highest BCUT2D eigenvalue weighted by Gasteiger charge is 2.14. The largest absolute Gasteiger partial charge is 0.384 e. The first-order chi connectivity index (χ1) is 9.63. The minimum absolute atomic E-state index is 0.185. The van der Waals surface area contributed by atoms with Crippen molar-refractivity contribution in [3.8, 4) is 11.8 Å². The molecule has 0 aliphatic carbocycles. The van der Waals surface area contributed by atoms with E-state index in [1.807, 2.05) is 5.38 Å². The Morgan fingerprint density at radius 3 is 2.65 bits per heavy atom. The number of thiophene rings is 1. The maximum absolute atomic E-state index is 12.1. The van der Waals surface area contributed by atoms with Crippen LogP contribution in [0.2, 0.25) is 0 Å². The number of sulfonamides is 1. The van der Waals surface area contributed by atoms with Gasteiger partial charge in [-0.25, -0.2) is 13.1 Å². The van der Waals surface area contributed by atoms with E-state index in [0.717, 1.165) is 10.4 Å². The van der Waals surface area contributed by atoms with E-state index in [4.69, 9.17) is 5.11 Å². The molecule has 6 heteroatoms. The van der Waals surface area contributed by atoms with Crippen molar-refractivity contribution < 1.29 is 13.5 Å². The lowest BCUT2D eigenvalue weighted by atomic mass is 10.2. The molecule has 0 bridgehead atoms. The van der Waals surface area contributed by atoms with Gasteiger partial charge in [-0.1, -0.05) is 30.0 Å². The quantitative estimate of drug-likeness (QED) is 0.843. The predicted molar refractivity (Wildman–Crippen MR) is 78.8 cm³/mol. The zero-order valence-corrected chi connectivity index (χ0v) is 12.2. The SMILES string of the molecule is O=S(=O)(NCc1sccc1C#CCO)c1ccccc1. The normalized spacial score (nSPS) is 10.8. The Balaban J connectivity index is 2.11. The van der Waals surface area contributed by atoms with Gasteiger partial charge in [0.05, 0.1) is 4.90 Å². The predicted octanol–water partition coefficient (Wildman–Crippen LogP) is 1.57. The van der Waals surface area contributed by atoms with Crippen LogP contribution in [-0.4, -0.2) is 20.1 Å². The summed E-state index contributed by atoms with van der Waals surface area (Å²) < 4.78 is 26.7. The second kappa shape index (κ2) is 6.68. The van der Waals surface area contributed by atoms with E-state index >= 15 is 0 Å². The second-order valence-corrected chi connectivity index (χ2v) is 6.62. The van der Waals surface area contributed by atoms with Crippen LogP contribution < -0.4 is 4.72 Å². The molecule has 0 atom stereocenters. The van der Waals surface area contributed by atoms with Crippen LogP contribution in [0.4, 0.5) is 0 Å². The Hall–Kier alpha value is -1.65. The summed E-state index contributed by atoms with van der Waals surface area (Å²) in [6.07, 6.45) is 0. The molecule has 2 rings (SSSR count). The maximum atomic E-state index is 12.1. The van der Waals surface area contributed by atoms with Crippen LogP contribution >= 0.6 is 11.3 Å². The molecule has 104 valence electrons. The van der Waals surface area contributed by atoms with E-state index in [0.29, 0.717) is 0 Å². The lowest BCUT2D eigenvalue weighted by Gasteiger charge is -2.05. The van der Waals surface area contributed by atoms with Gasteiger partial charge >= 0.3 is 0 Å². The van der Waals surface area contributed by atoms with Crippen LogP contribution in [0, 0.1) is 11.8 Å². The lowest BCUT2D eigenvalue weighted by Crippen LogP contribution is -2.23. The smallest absolute Gasteiger partial charge is 0.240 e. The molecule has 0 amide bonds. The number of hydrogen-bond donors (Lipinski definition) is 2. The van der Waals surface area contributed by atoms with Crippen molar-refractivity contribution in [3.05, 3.63) is 52.2 Å². The van der Waals surface area contributed by atoms with E-state index < -0.39 is 10.0 Å². The molecule has 0 fully saturated rings. The van der Waals surface area contributed by atoms with Crippen LogP contribution in [0.25, 0.3) is 0 Å². The van der Waals surface area contributed by atoms with Gasteiger partial charge < -0.3 is 5.11 Å². The Morgan fingerprint density at radius 2 is 1.95 bits per heavy atom. The molecule has 4 nitrogen and oxygen atoms in total. The van der Waals surface area contributed by atoms with Crippen molar-refractivity contribution in [2.24, 2.45) is 0 Å². The van der Waals surface area contributed by atoms with Gasteiger partial charge in [-0.2, -0.15) is 0 Å². The van der Waals surface area contributed by atoms with Gasteiger partial charge in [-0.3, -0.25) is 0 Å². The molecule has 2 aromatic rings. The third-order valence-electron chi connectivity index (χ3n) is 2.52. The summed E-state index contributed by atoms with van der Waals surface area (Å²) >= 11 is 1.42. The fourth-order valence-electron chi connectivity index (χ4n) is 1.57. The maximum Gasteiger partial charge on any atom is 0.240 e. The van der Waals surface area contributed by atoms with Crippen molar-refractivity contribution in [2.45, 2.75) is 11.4 Å². The van der Waals surface area contributed by atoms with Crippen molar-refractivity contribution in [3.63, 3.8) is 0 Å². The summed E-state index contributed by atoms with van der Waals surface area (Å²) in [5.74, 6) is 5.35. The lowest BCUT2D eigenvalue weighted by molar-refractivity contribution is 0.350. The summed E-state index contributed by atoms with van der Waals surface area (Å²) in [6, 6.07) is 10.0. The van der Waals surface area contributed by atoms with Crippen LogP contribution in [0.5, 0.6) is 0 Å². The Bertz CT molecular complexity index is 725. The summed E-state index contributed by atoms with van der Waals surface area (Å²) in [5, 5.41) is 10.5. The highest BCUT2D eigenvalue weighted by atomic mass is 32.2. The van der Waals surface area contributed by atoms with Crippen molar-refractivity contribution in [2.75, 3.05) is 6.61 Å². The van der Waals surface area contributed by atoms with Gasteiger partial charge in [-0.05, 0) is 23.6 Å². The molecular weight excluding hydrogens is 294 g/mol. The molecule has 0 saturated carbocycles. The first kappa shape index (κ1) is 14.8. The van der Waals surface area contributed by atoms with E-state index in [1.54, 1.807) is 36.4 Å². The van der Waals surface area contributed by atoms with Crippen molar-refractivity contribution >= 4 is 21.4 Å². The van der Waals surface area contributed by atoms with E-state index in [-0.39, 0.29) is 18.0 Å². The molecule has 0 saturated heterocycles. The number of benzene rings is 1. The topological polar surface area (TPSA) is 66.4 Å². The number of aliphatic hydroxyl groups is 1. The highest BCUT2D eigenvalue weighted by molar-refractivity contribution is 7.89. The van der Waals surface area contributed by atoms with E-state index in [1.165, 1.54) is 11.3 Å². The zero-order chi connectivity index (χ0) is 14.4. The highest BCUT2D eigenvalue weighted by Crippen LogP contribution is 2.17. The average Bonchev–Trinajstić information content (AvgIpc) is 2.91. The van der Waals surface area contributed by atoms with E-state index in [9.17, 15) is 8.42 Å². The van der Waals surface area contributed by atoms with Crippen molar-refractivity contribution in [1.29, 1.82) is 0 Å². The molecule has 20 heavy (non-hydrogen) atoms. The molecular formula is C14H13NO3S2. The number of hydrogen-bond acceptors (Lipinski definition) is 4. The molecule has 0 unspecified atom stereocenters. The number of aliphatic hydroxyl groups excluding tert-OH is 1. The summed E-state index contributed by atoms with van der Waals surface area (Å²) in [4.78, 5) is 1.06. The first-order valence-corrected chi connectivity index (χ1v) is 8.20. The van der Waals surface area contributed by atoms with Gasteiger partial charge in [-0.15, -0.1) is 11.3 Å². The molecule has 0 aliphatic rings. The molecule has 2 N–H and O–H groups in total. The van der Waals surface area contributed by atoms with Gasteiger partial charge in [0.15, 0.2) is 0 Å². The molecule has 0 radical (unpaired) electrons. The van der Waals surface area contributed by atoms with Gasteiger partial charge in [0.2, 0.25) is 10.0 Å². The fourth-order valence-corrected chi connectivity index (χ4v) is 3.44. The number of rotatable bonds is 4.